The van der Waals surface area contributed by atoms with Gasteiger partial charge in [0.25, 0.3) is 5.91 Å². The summed E-state index contributed by atoms with van der Waals surface area (Å²) < 4.78 is 1.12. The van der Waals surface area contributed by atoms with E-state index >= 15 is 0 Å². The standard InChI is InChI=1S/C21H25N3OS/c1-14-9-10-17(16(3)13-14)20(25)24(12-11-23(4)5)21-22-19-15(2)7-6-8-18(19)26-21/h6-10,13H,11-12H2,1-5H3/p+1. The van der Waals surface area contributed by atoms with Crippen molar-refractivity contribution in [3.63, 3.8) is 0 Å². The Bertz CT molecular complexity index is 946. The van der Waals surface area contributed by atoms with Crippen molar-refractivity contribution in [3.05, 3.63) is 58.7 Å². The van der Waals surface area contributed by atoms with Crippen LogP contribution >= 0.6 is 11.3 Å². The highest BCUT2D eigenvalue weighted by Gasteiger charge is 2.23. The molecule has 0 spiro atoms. The van der Waals surface area contributed by atoms with E-state index in [4.69, 9.17) is 4.98 Å². The number of rotatable bonds is 5. The van der Waals surface area contributed by atoms with Gasteiger partial charge in [0, 0.05) is 5.56 Å². The fourth-order valence-electron chi connectivity index (χ4n) is 3.01. The highest BCUT2D eigenvalue weighted by molar-refractivity contribution is 7.22. The van der Waals surface area contributed by atoms with Crippen LogP contribution in [0.25, 0.3) is 10.2 Å². The summed E-state index contributed by atoms with van der Waals surface area (Å²) in [4.78, 5) is 21.3. The quantitative estimate of drug-likeness (QED) is 0.752. The molecular weight excluding hydrogens is 342 g/mol. The molecule has 0 saturated carbocycles. The van der Waals surface area contributed by atoms with E-state index < -0.39 is 0 Å². The van der Waals surface area contributed by atoms with Gasteiger partial charge in [0.05, 0.1) is 37.4 Å². The van der Waals surface area contributed by atoms with Crippen molar-refractivity contribution in [3.8, 4) is 0 Å². The van der Waals surface area contributed by atoms with Gasteiger partial charge < -0.3 is 4.90 Å². The van der Waals surface area contributed by atoms with Crippen LogP contribution in [0.1, 0.15) is 27.0 Å². The zero-order valence-corrected chi connectivity index (χ0v) is 16.9. The number of fused-ring (bicyclic) bond motifs is 1. The number of para-hydroxylation sites is 1. The zero-order valence-electron chi connectivity index (χ0n) is 16.1. The Morgan fingerprint density at radius 1 is 1.12 bits per heavy atom. The lowest BCUT2D eigenvalue weighted by atomic mass is 10.0. The van der Waals surface area contributed by atoms with E-state index in [9.17, 15) is 4.79 Å². The third-order valence-electron chi connectivity index (χ3n) is 4.53. The molecule has 2 aromatic carbocycles. The van der Waals surface area contributed by atoms with E-state index in [-0.39, 0.29) is 5.91 Å². The molecular formula is C21H26N3OS+. The number of nitrogens with zero attached hydrogens (tertiary/aromatic N) is 2. The number of quaternary nitrogens is 1. The molecule has 3 aromatic rings. The van der Waals surface area contributed by atoms with Gasteiger partial charge in [-0.25, -0.2) is 4.98 Å². The maximum Gasteiger partial charge on any atom is 0.260 e. The predicted molar refractivity (Wildman–Crippen MR) is 110 cm³/mol. The number of amides is 1. The summed E-state index contributed by atoms with van der Waals surface area (Å²) in [6.07, 6.45) is 0. The molecule has 0 aliphatic heterocycles. The van der Waals surface area contributed by atoms with Crippen LogP contribution in [-0.4, -0.2) is 38.1 Å². The first-order valence-corrected chi connectivity index (χ1v) is 9.73. The van der Waals surface area contributed by atoms with Crippen LogP contribution in [0.2, 0.25) is 0 Å². The molecule has 0 aliphatic rings. The Morgan fingerprint density at radius 2 is 1.88 bits per heavy atom. The van der Waals surface area contributed by atoms with Crippen LogP contribution < -0.4 is 9.80 Å². The van der Waals surface area contributed by atoms with Crippen molar-refractivity contribution in [2.45, 2.75) is 20.8 Å². The van der Waals surface area contributed by atoms with E-state index in [0.717, 1.165) is 38.6 Å². The molecule has 4 nitrogen and oxygen atoms in total. The lowest BCUT2D eigenvalue weighted by molar-refractivity contribution is -0.856. The van der Waals surface area contributed by atoms with E-state index in [1.807, 2.05) is 36.9 Å². The minimum atomic E-state index is 0.0282. The first kappa shape index (κ1) is 18.5. The summed E-state index contributed by atoms with van der Waals surface area (Å²) in [6, 6.07) is 12.2. The van der Waals surface area contributed by atoms with Crippen molar-refractivity contribution < 1.29 is 9.69 Å². The largest absolute Gasteiger partial charge is 0.338 e. The molecule has 136 valence electrons. The van der Waals surface area contributed by atoms with E-state index in [2.05, 4.69) is 39.2 Å². The highest BCUT2D eigenvalue weighted by Crippen LogP contribution is 2.31. The number of nitrogens with one attached hydrogen (secondary N) is 1. The average Bonchev–Trinajstić information content (AvgIpc) is 3.00. The second-order valence-corrected chi connectivity index (χ2v) is 8.16. The second kappa shape index (κ2) is 7.56. The smallest absolute Gasteiger partial charge is 0.260 e. The van der Waals surface area contributed by atoms with Crippen molar-refractivity contribution in [2.75, 3.05) is 32.1 Å². The summed E-state index contributed by atoms with van der Waals surface area (Å²) in [6.45, 7) is 7.62. The van der Waals surface area contributed by atoms with Gasteiger partial charge in [-0.2, -0.15) is 0 Å². The molecule has 5 heteroatoms. The van der Waals surface area contributed by atoms with Gasteiger partial charge in [0.15, 0.2) is 5.13 Å². The van der Waals surface area contributed by atoms with E-state index in [1.54, 1.807) is 11.3 Å². The molecule has 0 radical (unpaired) electrons. The number of benzene rings is 2. The Hall–Kier alpha value is -2.24. The number of anilines is 1. The van der Waals surface area contributed by atoms with E-state index in [0.29, 0.717) is 6.54 Å². The molecule has 1 aromatic heterocycles. The van der Waals surface area contributed by atoms with Crippen LogP contribution in [0, 0.1) is 20.8 Å². The molecule has 0 atom stereocenters. The second-order valence-electron chi connectivity index (χ2n) is 7.15. The molecule has 0 fully saturated rings. The molecule has 0 unspecified atom stereocenters. The van der Waals surface area contributed by atoms with Gasteiger partial charge in [0.2, 0.25) is 0 Å². The number of aromatic nitrogens is 1. The average molecular weight is 369 g/mol. The minimum absolute atomic E-state index is 0.0282. The fraction of sp³-hybridized carbons (Fsp3) is 0.333. The zero-order chi connectivity index (χ0) is 18.8. The van der Waals surface area contributed by atoms with Crippen LogP contribution in [-0.2, 0) is 0 Å². The first-order valence-electron chi connectivity index (χ1n) is 8.91. The van der Waals surface area contributed by atoms with Crippen molar-refractivity contribution in [1.29, 1.82) is 0 Å². The number of hydrogen-bond acceptors (Lipinski definition) is 3. The third-order valence-corrected chi connectivity index (χ3v) is 5.58. The number of thiazole rings is 1. The molecule has 3 rings (SSSR count). The summed E-state index contributed by atoms with van der Waals surface area (Å²) >= 11 is 1.59. The monoisotopic (exact) mass is 368 g/mol. The van der Waals surface area contributed by atoms with Crippen LogP contribution in [0.4, 0.5) is 5.13 Å². The lowest BCUT2D eigenvalue weighted by Gasteiger charge is -2.21. The third kappa shape index (κ3) is 3.79. The van der Waals surface area contributed by atoms with Crippen molar-refractivity contribution in [2.24, 2.45) is 0 Å². The van der Waals surface area contributed by atoms with Gasteiger partial charge in [-0.15, -0.1) is 0 Å². The Kier molecular flexibility index (Phi) is 5.39. The van der Waals surface area contributed by atoms with Gasteiger partial charge in [-0.1, -0.05) is 41.2 Å². The maximum atomic E-state index is 13.3. The number of hydrogen-bond donors (Lipinski definition) is 1. The van der Waals surface area contributed by atoms with Crippen molar-refractivity contribution >= 4 is 32.6 Å². The number of aryl methyl sites for hydroxylation is 3. The molecule has 0 saturated heterocycles. The summed E-state index contributed by atoms with van der Waals surface area (Å²) in [7, 11) is 4.20. The van der Waals surface area contributed by atoms with Gasteiger partial charge >= 0.3 is 0 Å². The lowest BCUT2D eigenvalue weighted by Crippen LogP contribution is -3.06. The van der Waals surface area contributed by atoms with Gasteiger partial charge in [-0.3, -0.25) is 9.69 Å². The van der Waals surface area contributed by atoms with Crippen LogP contribution in [0.3, 0.4) is 0 Å². The molecule has 0 aliphatic carbocycles. The highest BCUT2D eigenvalue weighted by atomic mass is 32.1. The van der Waals surface area contributed by atoms with Crippen molar-refractivity contribution in [1.82, 2.24) is 4.98 Å². The summed E-state index contributed by atoms with van der Waals surface area (Å²) in [5.74, 6) is 0.0282. The van der Waals surface area contributed by atoms with Crippen LogP contribution in [0.5, 0.6) is 0 Å². The topological polar surface area (TPSA) is 37.6 Å². The molecule has 1 N–H and O–H groups in total. The van der Waals surface area contributed by atoms with E-state index in [1.165, 1.54) is 10.5 Å². The number of likely N-dealkylation sites (N-methyl/N-ethyl adjacent to an activating group) is 1. The molecule has 1 heterocycles. The Labute approximate surface area is 159 Å². The minimum Gasteiger partial charge on any atom is -0.338 e. The Balaban J connectivity index is 2.03. The van der Waals surface area contributed by atoms with Gasteiger partial charge in [-0.05, 0) is 44.0 Å². The Morgan fingerprint density at radius 3 is 2.54 bits per heavy atom. The van der Waals surface area contributed by atoms with Gasteiger partial charge in [0.1, 0.15) is 0 Å². The predicted octanol–water partition coefficient (Wildman–Crippen LogP) is 3.01. The molecule has 1 amide bonds. The summed E-state index contributed by atoms with van der Waals surface area (Å²) in [5.41, 5.74) is 5.05. The normalized spacial score (nSPS) is 11.3. The fourth-order valence-corrected chi connectivity index (χ4v) is 4.08. The maximum absolute atomic E-state index is 13.3. The first-order chi connectivity index (χ1) is 12.4. The number of carbonyl (C=O) groups is 1. The number of carbonyl (C=O) groups excluding carboxylic acids is 1. The van der Waals surface area contributed by atoms with Crippen LogP contribution in [0.15, 0.2) is 36.4 Å². The summed E-state index contributed by atoms with van der Waals surface area (Å²) in [5, 5.41) is 0.778. The molecule has 26 heavy (non-hydrogen) atoms. The SMILES string of the molecule is Cc1ccc(C(=O)N(CC[NH+](C)C)c2nc3c(C)cccc3s2)c(C)c1. The molecule has 0 bridgehead atoms.